The van der Waals surface area contributed by atoms with Crippen molar-refractivity contribution in [2.24, 2.45) is 0 Å². The lowest BCUT2D eigenvalue weighted by Crippen LogP contribution is -2.70. The Morgan fingerprint density at radius 2 is 1.06 bits per heavy atom. The number of hydrogen-bond acceptors (Lipinski definition) is 14. The summed E-state index contributed by atoms with van der Waals surface area (Å²) in [6.45, 7) is 2.83. The number of carbonyl (C=O) groups is 3. The van der Waals surface area contributed by atoms with E-state index in [1.54, 1.807) is 60.7 Å². The lowest BCUT2D eigenvalue weighted by Gasteiger charge is -2.50. The molecule has 0 aromatic heterocycles. The van der Waals surface area contributed by atoms with E-state index in [1.165, 1.54) is 14.0 Å². The van der Waals surface area contributed by atoms with Gasteiger partial charge in [-0.2, -0.15) is 0 Å². The van der Waals surface area contributed by atoms with Gasteiger partial charge >= 0.3 is 5.97 Å². The Labute approximate surface area is 418 Å². The fraction of sp³-hybridized carbons (Fsp3) is 0.316. The smallest absolute Gasteiger partial charge is 0.303 e. The molecule has 0 radical (unpaired) electrons. The van der Waals surface area contributed by atoms with E-state index in [-0.39, 0.29) is 37.6 Å². The van der Waals surface area contributed by atoms with Gasteiger partial charge in [0.25, 0.3) is 11.8 Å². The Morgan fingerprint density at radius 1 is 0.556 bits per heavy atom. The molecule has 6 aromatic rings. The maximum atomic E-state index is 14.6. The summed E-state index contributed by atoms with van der Waals surface area (Å²) < 4.78 is 65.7. The predicted octanol–water partition coefficient (Wildman–Crippen LogP) is 7.64. The maximum absolute atomic E-state index is 14.6. The van der Waals surface area contributed by atoms with Crippen LogP contribution in [0.25, 0.3) is 0 Å². The number of benzene rings is 6. The molecule has 3 aliphatic heterocycles. The summed E-state index contributed by atoms with van der Waals surface area (Å²) in [4.78, 5) is 43.7. The molecule has 2 fully saturated rings. The number of aryl methyl sites for hydroxylation is 1. The minimum Gasteiger partial charge on any atom is -0.497 e. The molecule has 9 rings (SSSR count). The van der Waals surface area contributed by atoms with Crippen molar-refractivity contribution < 1.29 is 66.9 Å². The molecule has 3 heterocycles. The van der Waals surface area contributed by atoms with Crippen LogP contribution in [0.3, 0.4) is 0 Å². The van der Waals surface area contributed by atoms with Crippen LogP contribution in [0.5, 0.6) is 17.2 Å². The van der Waals surface area contributed by atoms with Gasteiger partial charge in [-0.3, -0.25) is 19.3 Å². The van der Waals surface area contributed by atoms with Crippen LogP contribution in [-0.2, 0) is 57.8 Å². The Kier molecular flexibility index (Phi) is 16.3. The number of fused-ring (bicyclic) bond motifs is 1. The van der Waals surface area contributed by atoms with Crippen molar-refractivity contribution in [3.63, 3.8) is 0 Å². The lowest BCUT2D eigenvalue weighted by molar-refractivity contribution is -0.351. The van der Waals surface area contributed by atoms with Gasteiger partial charge in [0.2, 0.25) is 6.29 Å². The van der Waals surface area contributed by atoms with Crippen molar-refractivity contribution in [3.05, 3.63) is 197 Å². The van der Waals surface area contributed by atoms with E-state index in [0.29, 0.717) is 17.2 Å². The normalized spacial score (nSPS) is 24.9. The molecular weight excluding hydrogens is 923 g/mol. The van der Waals surface area contributed by atoms with Gasteiger partial charge in [0.1, 0.15) is 53.8 Å². The van der Waals surface area contributed by atoms with Crippen LogP contribution in [0.15, 0.2) is 164 Å². The zero-order chi connectivity index (χ0) is 50.0. The molecule has 374 valence electrons. The minimum absolute atomic E-state index is 0.0331. The van der Waals surface area contributed by atoms with Crippen molar-refractivity contribution in [3.8, 4) is 17.2 Å². The molecule has 2 amide bonds. The first-order valence-electron chi connectivity index (χ1n) is 23.9. The van der Waals surface area contributed by atoms with Gasteiger partial charge in [0, 0.05) is 6.92 Å². The van der Waals surface area contributed by atoms with E-state index in [1.807, 2.05) is 110 Å². The second kappa shape index (κ2) is 23.5. The molecule has 0 aliphatic carbocycles. The molecule has 2 saturated heterocycles. The number of methoxy groups -OCH3 is 1. The fourth-order valence-corrected chi connectivity index (χ4v) is 9.13. The standard InChI is InChI=1S/C57H57NO14/c1-36-23-25-42(26-24-36)68-53-52(67-37(2)60)49(65-33-39-17-9-5-10-18-39)47(35-64-32-38-15-7-4-8-16-38)71-57(53)72-50-46(31-59)70-56(69-43-29-27-41(63-3)28-30-43)48(51(50)66-34-40-19-11-6-12-20-40)58-54(61)44-21-13-14-22-45(44)55(58)62/h4-30,46-53,56-57,59H,31-35H2,1-3H3/t46-,47-,48-,49+,50-,51-,52+,53-,56-,57+/m1/s1. The summed E-state index contributed by atoms with van der Waals surface area (Å²) in [6.07, 6.45) is -11.2. The highest BCUT2D eigenvalue weighted by Gasteiger charge is 2.59. The highest BCUT2D eigenvalue weighted by atomic mass is 16.8. The van der Waals surface area contributed by atoms with Crippen LogP contribution in [0, 0.1) is 6.92 Å². The monoisotopic (exact) mass is 979 g/mol. The molecule has 3 aliphatic rings. The van der Waals surface area contributed by atoms with Crippen LogP contribution in [-0.4, -0.2) is 109 Å². The highest BCUT2D eigenvalue weighted by molar-refractivity contribution is 6.21. The number of rotatable bonds is 20. The second-order valence-electron chi connectivity index (χ2n) is 17.7. The second-order valence-corrected chi connectivity index (χ2v) is 17.7. The first kappa shape index (κ1) is 50.0. The maximum Gasteiger partial charge on any atom is 0.303 e. The van der Waals surface area contributed by atoms with Crippen LogP contribution in [0.2, 0.25) is 0 Å². The summed E-state index contributed by atoms with van der Waals surface area (Å²) in [5.41, 5.74) is 3.86. The quantitative estimate of drug-likeness (QED) is 0.0586. The number of esters is 1. The average Bonchev–Trinajstić information content (AvgIpc) is 3.65. The number of aliphatic hydroxyl groups excluding tert-OH is 1. The van der Waals surface area contributed by atoms with E-state index in [9.17, 15) is 19.5 Å². The molecule has 15 heteroatoms. The topological polar surface area (TPSA) is 167 Å². The largest absolute Gasteiger partial charge is 0.497 e. The summed E-state index contributed by atoms with van der Waals surface area (Å²) in [5.74, 6) is -0.577. The molecular formula is C57H57NO14. The third kappa shape index (κ3) is 11.7. The third-order valence-electron chi connectivity index (χ3n) is 12.7. The summed E-state index contributed by atoms with van der Waals surface area (Å²) in [5, 5.41) is 11.4. The molecule has 10 atom stereocenters. The number of hydrogen-bond donors (Lipinski definition) is 1. The van der Waals surface area contributed by atoms with Crippen molar-refractivity contribution in [2.45, 2.75) is 95.0 Å². The SMILES string of the molecule is COc1ccc(O[C@@H]2O[C@H](CO)[C@@H](O[C@@H]3O[C@H](COCc4ccccc4)[C@H](OCc4ccccc4)[C@H](OC(C)=O)[C@H]3Oc3ccc(C)cc3)[C@H](OCc3ccccc3)[C@H]2N2C(=O)c3ccccc3C2=O)cc1. The van der Waals surface area contributed by atoms with Gasteiger partial charge in [-0.25, -0.2) is 0 Å². The van der Waals surface area contributed by atoms with Crippen molar-refractivity contribution in [1.29, 1.82) is 0 Å². The third-order valence-corrected chi connectivity index (χ3v) is 12.7. The van der Waals surface area contributed by atoms with Crippen LogP contribution >= 0.6 is 0 Å². The molecule has 0 spiro atoms. The van der Waals surface area contributed by atoms with Gasteiger partial charge in [0.15, 0.2) is 18.5 Å². The predicted molar refractivity (Wildman–Crippen MR) is 261 cm³/mol. The van der Waals surface area contributed by atoms with E-state index in [2.05, 4.69) is 0 Å². The summed E-state index contributed by atoms with van der Waals surface area (Å²) in [7, 11) is 1.54. The first-order valence-corrected chi connectivity index (χ1v) is 23.9. The Hall–Kier alpha value is -6.95. The van der Waals surface area contributed by atoms with E-state index >= 15 is 0 Å². The van der Waals surface area contributed by atoms with E-state index in [0.717, 1.165) is 27.2 Å². The minimum atomic E-state index is -1.45. The van der Waals surface area contributed by atoms with Crippen molar-refractivity contribution in [2.75, 3.05) is 20.3 Å². The van der Waals surface area contributed by atoms with Gasteiger partial charge < -0.3 is 52.5 Å². The average molecular weight is 980 g/mol. The van der Waals surface area contributed by atoms with Gasteiger partial charge in [-0.15, -0.1) is 0 Å². The van der Waals surface area contributed by atoms with Crippen molar-refractivity contribution >= 4 is 17.8 Å². The molecule has 6 aromatic carbocycles. The Bertz CT molecular complexity index is 2670. The number of ether oxygens (including phenoxy) is 10. The van der Waals surface area contributed by atoms with Gasteiger partial charge in [-0.1, -0.05) is 121 Å². The molecule has 0 saturated carbocycles. The van der Waals surface area contributed by atoms with Gasteiger partial charge in [0.05, 0.1) is 51.3 Å². The number of carbonyl (C=O) groups excluding carboxylic acids is 3. The summed E-state index contributed by atoms with van der Waals surface area (Å²) >= 11 is 0. The molecule has 0 bridgehead atoms. The zero-order valence-corrected chi connectivity index (χ0v) is 40.1. The fourth-order valence-electron chi connectivity index (χ4n) is 9.13. The van der Waals surface area contributed by atoms with E-state index < -0.39 is 85.7 Å². The number of imide groups is 1. The zero-order valence-electron chi connectivity index (χ0n) is 40.1. The van der Waals surface area contributed by atoms with Crippen LogP contribution in [0.1, 0.15) is 49.9 Å². The van der Waals surface area contributed by atoms with Crippen LogP contribution in [0.4, 0.5) is 0 Å². The van der Waals surface area contributed by atoms with Crippen molar-refractivity contribution in [1.82, 2.24) is 4.90 Å². The number of amides is 2. The number of aliphatic hydroxyl groups is 1. The Morgan fingerprint density at radius 3 is 1.61 bits per heavy atom. The highest BCUT2D eigenvalue weighted by Crippen LogP contribution is 2.39. The lowest BCUT2D eigenvalue weighted by atomic mass is 9.93. The van der Waals surface area contributed by atoms with Gasteiger partial charge in [-0.05, 0) is 72.1 Å². The summed E-state index contributed by atoms with van der Waals surface area (Å²) in [6, 6.07) is 47.7. The molecule has 1 N–H and O–H groups in total. The Balaban J connectivity index is 1.14. The molecule has 15 nitrogen and oxygen atoms in total. The molecule has 72 heavy (non-hydrogen) atoms. The van der Waals surface area contributed by atoms with E-state index in [4.69, 9.17) is 47.4 Å². The molecule has 0 unspecified atom stereocenters. The van der Waals surface area contributed by atoms with Crippen LogP contribution < -0.4 is 14.2 Å². The first-order chi connectivity index (χ1) is 35.2. The number of nitrogens with zero attached hydrogens (tertiary/aromatic N) is 1.